The molecule has 1 amide bonds. The summed E-state index contributed by atoms with van der Waals surface area (Å²) in [4.78, 5) is 33.4. The Labute approximate surface area is 301 Å². The molecule has 0 atom stereocenters. The number of fused-ring (bicyclic) bond motifs is 1. The molecule has 5 rings (SSSR count). The summed E-state index contributed by atoms with van der Waals surface area (Å²) in [5.41, 5.74) is -7.29. The number of hydrogen-bond donors (Lipinski definition) is 0. The summed E-state index contributed by atoms with van der Waals surface area (Å²) in [7, 11) is 0. The average Bonchev–Trinajstić information content (AvgIpc) is 3.67. The highest BCUT2D eigenvalue weighted by Crippen LogP contribution is 2.34. The normalized spacial score (nSPS) is 17.6. The molecular formula is C37H40F4N4O2S. The van der Waals surface area contributed by atoms with E-state index in [2.05, 4.69) is 4.98 Å². The lowest BCUT2D eigenvalue weighted by Gasteiger charge is -2.28. The van der Waals surface area contributed by atoms with Crippen LogP contribution < -0.4 is 5.56 Å². The molecule has 0 spiro atoms. The Balaban J connectivity index is 1.70. The molecule has 254 valence electrons. The minimum absolute atomic E-state index is 0.0239. The van der Waals surface area contributed by atoms with Gasteiger partial charge in [-0.25, -0.2) is 4.39 Å². The van der Waals surface area contributed by atoms with Gasteiger partial charge in [0.25, 0.3) is 5.56 Å². The minimum atomic E-state index is -5.14. The Morgan fingerprint density at radius 1 is 1.00 bits per heavy atom. The van der Waals surface area contributed by atoms with E-state index >= 15 is 0 Å². The van der Waals surface area contributed by atoms with Gasteiger partial charge in [-0.1, -0.05) is 74.0 Å². The molecule has 1 heterocycles. The standard InChI is InChI=1S/C37H40F4N4O2S/c1-4-43(5-2)19-20-44(22-26-9-13-28(14-10-26)29-15-18-32(25(3)21-29)37(39,40)41)34(46)23-45-33-8-6-7-31(33)35(47)42-36(45)48-24-27-11-16-30(38)17-12-27/h9-18,21H,4-8,19-20,22-24H2,1-3H3/i9D,10D,13D,14D,15D,18D,19D2,20D2,21D,24D2. The molecule has 0 fully saturated rings. The third-order valence-corrected chi connectivity index (χ3v) is 8.36. The van der Waals surface area contributed by atoms with Crippen LogP contribution >= 0.6 is 11.8 Å². The highest BCUT2D eigenvalue weighted by Gasteiger charge is 2.32. The fourth-order valence-corrected chi connectivity index (χ4v) is 5.74. The van der Waals surface area contributed by atoms with Crippen molar-refractivity contribution in [3.63, 3.8) is 0 Å². The summed E-state index contributed by atoms with van der Waals surface area (Å²) in [6.07, 6.45) is -4.26. The van der Waals surface area contributed by atoms with Crippen LogP contribution in [-0.4, -0.2) is 51.3 Å². The number of carbonyl (C=O) groups is 1. The molecule has 1 aliphatic carbocycles. The number of hydrogen-bond acceptors (Lipinski definition) is 5. The predicted octanol–water partition coefficient (Wildman–Crippen LogP) is 7.53. The van der Waals surface area contributed by atoms with Crippen LogP contribution in [-0.2, 0) is 42.6 Å². The number of amides is 1. The summed E-state index contributed by atoms with van der Waals surface area (Å²) in [5.74, 6) is -1.87. The van der Waals surface area contributed by atoms with Crippen molar-refractivity contribution in [3.05, 3.63) is 116 Å². The lowest BCUT2D eigenvalue weighted by atomic mass is 9.98. The maximum absolute atomic E-state index is 14.7. The van der Waals surface area contributed by atoms with Gasteiger partial charge in [0.2, 0.25) is 5.91 Å². The molecule has 0 saturated carbocycles. The van der Waals surface area contributed by atoms with Crippen LogP contribution in [0.1, 0.15) is 71.6 Å². The van der Waals surface area contributed by atoms with Crippen molar-refractivity contribution in [1.29, 1.82) is 0 Å². The van der Waals surface area contributed by atoms with Crippen LogP contribution in [0.5, 0.6) is 0 Å². The van der Waals surface area contributed by atoms with Crippen molar-refractivity contribution >= 4 is 17.7 Å². The number of likely N-dealkylation sites (N-methyl/N-ethyl adjacent to an activating group) is 1. The number of carbonyl (C=O) groups excluding carboxylic acids is 1. The molecular weight excluding hydrogens is 640 g/mol. The van der Waals surface area contributed by atoms with Crippen molar-refractivity contribution in [2.75, 3.05) is 26.1 Å². The second-order valence-corrected chi connectivity index (χ2v) is 11.5. The van der Waals surface area contributed by atoms with Crippen molar-refractivity contribution in [3.8, 4) is 11.1 Å². The zero-order chi connectivity index (χ0) is 45.9. The maximum atomic E-state index is 14.7. The zero-order valence-corrected chi connectivity index (χ0v) is 27.1. The topological polar surface area (TPSA) is 58.4 Å². The Morgan fingerprint density at radius 2 is 1.69 bits per heavy atom. The van der Waals surface area contributed by atoms with Gasteiger partial charge >= 0.3 is 6.18 Å². The van der Waals surface area contributed by atoms with E-state index in [9.17, 15) is 29.9 Å². The molecule has 0 aliphatic heterocycles. The van der Waals surface area contributed by atoms with Crippen LogP contribution in [0.15, 0.2) is 76.5 Å². The second kappa shape index (κ2) is 15.5. The smallest absolute Gasteiger partial charge is 0.336 e. The monoisotopic (exact) mass is 693 g/mol. The molecule has 1 aliphatic rings. The van der Waals surface area contributed by atoms with Crippen molar-refractivity contribution in [1.82, 2.24) is 19.4 Å². The average molecular weight is 694 g/mol. The number of nitrogens with zero attached hydrogens (tertiary/aromatic N) is 4. The molecule has 0 N–H and O–H groups in total. The van der Waals surface area contributed by atoms with E-state index in [0.29, 0.717) is 23.1 Å². The lowest BCUT2D eigenvalue weighted by Crippen LogP contribution is -2.40. The number of benzene rings is 3. The van der Waals surface area contributed by atoms with E-state index in [1.165, 1.54) is 30.5 Å². The summed E-state index contributed by atoms with van der Waals surface area (Å²) in [6.45, 7) is -4.59. The van der Waals surface area contributed by atoms with Gasteiger partial charge in [-0.3, -0.25) is 9.59 Å². The van der Waals surface area contributed by atoms with Crippen LogP contribution in [0.2, 0.25) is 0 Å². The SMILES string of the molecule is [2H]c1c([2H])c(-c2c([2H])c([2H])c(C(F)(F)F)c(C)c2[2H])c([2H])c([2H])c1CN(C(=O)Cn1c(SC([2H])([2H])c2ccc(F)cc2)nc(=O)c2c1CCC2)C([2H])([2H])C([2H])([2H])N(CC)CC. The van der Waals surface area contributed by atoms with E-state index in [0.717, 1.165) is 24.0 Å². The molecule has 4 aromatic rings. The first-order valence-corrected chi connectivity index (χ1v) is 15.9. The summed E-state index contributed by atoms with van der Waals surface area (Å²) >= 11 is 0.409. The van der Waals surface area contributed by atoms with Gasteiger partial charge in [0.05, 0.1) is 17.9 Å². The van der Waals surface area contributed by atoms with Gasteiger partial charge in [-0.2, -0.15) is 18.2 Å². The zero-order valence-electron chi connectivity index (χ0n) is 39.3. The second-order valence-electron chi connectivity index (χ2n) is 10.8. The number of alkyl halides is 3. The van der Waals surface area contributed by atoms with Gasteiger partial charge < -0.3 is 14.4 Å². The molecule has 0 radical (unpaired) electrons. The molecule has 0 bridgehead atoms. The maximum Gasteiger partial charge on any atom is 0.416 e. The largest absolute Gasteiger partial charge is 0.416 e. The quantitative estimate of drug-likeness (QED) is 0.0824. The van der Waals surface area contributed by atoms with E-state index in [4.69, 9.17) is 15.1 Å². The first-order chi connectivity index (χ1) is 28.1. The number of halogens is 4. The Morgan fingerprint density at radius 3 is 2.35 bits per heavy atom. The Hall–Kier alpha value is -3.96. The predicted molar refractivity (Wildman–Crippen MR) is 181 cm³/mol. The van der Waals surface area contributed by atoms with E-state index in [-0.39, 0.29) is 47.9 Å². The Kier molecular flexibility index (Phi) is 7.07. The van der Waals surface area contributed by atoms with Crippen molar-refractivity contribution < 1.29 is 40.2 Å². The molecule has 0 saturated heterocycles. The van der Waals surface area contributed by atoms with E-state index in [1.54, 1.807) is 0 Å². The molecule has 11 heteroatoms. The highest BCUT2D eigenvalue weighted by atomic mass is 32.2. The molecule has 48 heavy (non-hydrogen) atoms. The van der Waals surface area contributed by atoms with Gasteiger partial charge in [-0.05, 0) is 85.3 Å². The van der Waals surface area contributed by atoms with E-state index < -0.39 is 125 Å². The van der Waals surface area contributed by atoms with Crippen LogP contribution in [0, 0.1) is 12.7 Å². The van der Waals surface area contributed by atoms with Gasteiger partial charge in [0.1, 0.15) is 12.4 Å². The number of rotatable bonds is 13. The molecule has 0 unspecified atom stereocenters. The fraction of sp³-hybridized carbons (Fsp3) is 0.378. The number of aromatic nitrogens is 2. The molecule has 3 aromatic carbocycles. The summed E-state index contributed by atoms with van der Waals surface area (Å²) < 4.78 is 171. The minimum Gasteiger partial charge on any atom is -0.336 e. The Bertz CT molecular complexity index is 2390. The van der Waals surface area contributed by atoms with E-state index in [1.807, 2.05) is 0 Å². The van der Waals surface area contributed by atoms with Crippen molar-refractivity contribution in [2.45, 2.75) is 70.2 Å². The molecule has 1 aromatic heterocycles. The van der Waals surface area contributed by atoms with Crippen LogP contribution in [0.3, 0.4) is 0 Å². The first-order valence-electron chi connectivity index (χ1n) is 21.6. The summed E-state index contributed by atoms with van der Waals surface area (Å²) in [6, 6.07) is -3.07. The number of thioether (sulfide) groups is 1. The summed E-state index contributed by atoms with van der Waals surface area (Å²) in [5, 5.41) is -0.327. The van der Waals surface area contributed by atoms with Crippen LogP contribution in [0.4, 0.5) is 17.6 Å². The van der Waals surface area contributed by atoms with Gasteiger partial charge in [-0.15, -0.1) is 0 Å². The van der Waals surface area contributed by atoms with Gasteiger partial charge in [0.15, 0.2) is 5.16 Å². The van der Waals surface area contributed by atoms with Gasteiger partial charge in [0, 0.05) is 42.0 Å². The third kappa shape index (κ3) is 8.54. The fourth-order valence-electron chi connectivity index (χ4n) is 4.98. The first kappa shape index (κ1) is 21.9. The molecule has 6 nitrogen and oxygen atoms in total. The third-order valence-electron chi connectivity index (χ3n) is 7.53. The van der Waals surface area contributed by atoms with Crippen LogP contribution in [0.25, 0.3) is 11.1 Å². The lowest BCUT2D eigenvalue weighted by molar-refractivity contribution is -0.138. The van der Waals surface area contributed by atoms with Crippen molar-refractivity contribution in [2.24, 2.45) is 0 Å². The highest BCUT2D eigenvalue weighted by molar-refractivity contribution is 7.98.